The lowest BCUT2D eigenvalue weighted by Crippen LogP contribution is -2.25. The number of hydrogen-bond acceptors (Lipinski definition) is 4. The summed E-state index contributed by atoms with van der Waals surface area (Å²) >= 11 is 12.2. The number of nitrogens with zero attached hydrogens (tertiary/aromatic N) is 1. The molecular formula is C23H17Cl2N3O4. The number of anilines is 2. The van der Waals surface area contributed by atoms with Gasteiger partial charge in [0.25, 0.3) is 17.5 Å². The van der Waals surface area contributed by atoms with Crippen LogP contribution in [0, 0.1) is 17.0 Å². The molecule has 0 radical (unpaired) electrons. The molecule has 9 heteroatoms. The van der Waals surface area contributed by atoms with Crippen LogP contribution in [0.1, 0.15) is 11.1 Å². The number of amides is 2. The summed E-state index contributed by atoms with van der Waals surface area (Å²) in [5, 5.41) is 17.0. The van der Waals surface area contributed by atoms with Gasteiger partial charge in [0.2, 0.25) is 0 Å². The van der Waals surface area contributed by atoms with Gasteiger partial charge in [-0.15, -0.1) is 0 Å². The number of rotatable bonds is 6. The Kier molecular flexibility index (Phi) is 7.25. The average Bonchev–Trinajstić information content (AvgIpc) is 2.76. The zero-order chi connectivity index (χ0) is 23.3. The van der Waals surface area contributed by atoms with Crippen molar-refractivity contribution in [3.05, 3.63) is 104 Å². The third-order valence-electron chi connectivity index (χ3n) is 4.47. The lowest BCUT2D eigenvalue weighted by atomic mass is 10.1. The highest BCUT2D eigenvalue weighted by Gasteiger charge is 2.21. The zero-order valence-electron chi connectivity index (χ0n) is 16.8. The van der Waals surface area contributed by atoms with E-state index in [4.69, 9.17) is 23.2 Å². The number of nitro groups is 1. The number of nitrogens with one attached hydrogen (secondary N) is 2. The maximum absolute atomic E-state index is 13.0. The lowest BCUT2D eigenvalue weighted by molar-refractivity contribution is -0.385. The van der Waals surface area contributed by atoms with Gasteiger partial charge in [-0.1, -0.05) is 59.6 Å². The van der Waals surface area contributed by atoms with E-state index in [-0.39, 0.29) is 21.3 Å². The summed E-state index contributed by atoms with van der Waals surface area (Å²) < 4.78 is 0. The summed E-state index contributed by atoms with van der Waals surface area (Å²) in [7, 11) is 0. The first-order chi connectivity index (χ1) is 15.3. The minimum Gasteiger partial charge on any atom is -0.320 e. The van der Waals surface area contributed by atoms with E-state index in [0.717, 1.165) is 0 Å². The molecule has 0 saturated heterocycles. The first kappa shape index (κ1) is 23.0. The van der Waals surface area contributed by atoms with Crippen LogP contribution in [0.4, 0.5) is 17.1 Å². The van der Waals surface area contributed by atoms with Crippen molar-refractivity contribution >= 4 is 58.2 Å². The van der Waals surface area contributed by atoms with Crippen molar-refractivity contribution in [3.63, 3.8) is 0 Å². The van der Waals surface area contributed by atoms with E-state index < -0.39 is 16.7 Å². The number of carbonyl (C=O) groups excluding carboxylic acids is 2. The Morgan fingerprint density at radius 1 is 0.875 bits per heavy atom. The molecule has 0 unspecified atom stereocenters. The van der Waals surface area contributed by atoms with Gasteiger partial charge in [0.05, 0.1) is 26.3 Å². The van der Waals surface area contributed by atoms with E-state index in [1.165, 1.54) is 12.1 Å². The van der Waals surface area contributed by atoms with Gasteiger partial charge in [0, 0.05) is 11.6 Å². The molecule has 2 N–H and O–H groups in total. The molecule has 0 aliphatic rings. The van der Waals surface area contributed by atoms with Crippen molar-refractivity contribution in [2.45, 2.75) is 6.92 Å². The molecule has 2 amide bonds. The molecule has 0 spiro atoms. The molecule has 0 saturated carbocycles. The molecule has 32 heavy (non-hydrogen) atoms. The van der Waals surface area contributed by atoms with Crippen molar-refractivity contribution in [1.82, 2.24) is 0 Å². The average molecular weight is 470 g/mol. The van der Waals surface area contributed by atoms with Crippen LogP contribution < -0.4 is 10.6 Å². The second-order valence-corrected chi connectivity index (χ2v) is 7.54. The highest BCUT2D eigenvalue weighted by Crippen LogP contribution is 2.25. The summed E-state index contributed by atoms with van der Waals surface area (Å²) in [6.07, 6.45) is 1.27. The number of benzene rings is 3. The highest BCUT2D eigenvalue weighted by atomic mass is 35.5. The normalized spacial score (nSPS) is 10.2. The van der Waals surface area contributed by atoms with Crippen molar-refractivity contribution < 1.29 is 14.5 Å². The molecule has 0 aliphatic carbocycles. The Labute approximate surface area is 193 Å². The molecule has 3 rings (SSSR count). The standard InChI is InChI=1S/C23H17Cl2N3O4/c1-14-10-11-15(13-21(14)28(31)32)12-16(22(29)26-19-8-4-2-6-17(19)24)23(30)27-20-9-5-3-7-18(20)25/h2-13H,1H3,(H,26,29)(H,27,30). The molecule has 3 aromatic carbocycles. The van der Waals surface area contributed by atoms with Crippen LogP contribution in [0.3, 0.4) is 0 Å². The van der Waals surface area contributed by atoms with Gasteiger partial charge in [-0.05, 0) is 42.8 Å². The van der Waals surface area contributed by atoms with E-state index >= 15 is 0 Å². The Morgan fingerprint density at radius 3 is 1.84 bits per heavy atom. The number of hydrogen-bond donors (Lipinski definition) is 2. The van der Waals surface area contributed by atoms with Crippen molar-refractivity contribution in [1.29, 1.82) is 0 Å². The van der Waals surface area contributed by atoms with Crippen LogP contribution in [-0.4, -0.2) is 16.7 Å². The van der Waals surface area contributed by atoms with Gasteiger partial charge >= 0.3 is 0 Å². The minimum atomic E-state index is -0.745. The smallest absolute Gasteiger partial charge is 0.272 e. The zero-order valence-corrected chi connectivity index (χ0v) is 18.3. The topological polar surface area (TPSA) is 101 Å². The lowest BCUT2D eigenvalue weighted by Gasteiger charge is -2.12. The maximum Gasteiger partial charge on any atom is 0.272 e. The van der Waals surface area contributed by atoms with Crippen LogP contribution in [-0.2, 0) is 9.59 Å². The first-order valence-electron chi connectivity index (χ1n) is 9.35. The molecule has 0 bridgehead atoms. The van der Waals surface area contributed by atoms with E-state index in [1.54, 1.807) is 67.6 Å². The minimum absolute atomic E-state index is 0.129. The predicted molar refractivity (Wildman–Crippen MR) is 126 cm³/mol. The van der Waals surface area contributed by atoms with Gasteiger partial charge < -0.3 is 10.6 Å². The molecule has 7 nitrogen and oxygen atoms in total. The fourth-order valence-electron chi connectivity index (χ4n) is 2.82. The molecule has 0 heterocycles. The Balaban J connectivity index is 2.01. The highest BCUT2D eigenvalue weighted by molar-refractivity contribution is 6.36. The van der Waals surface area contributed by atoms with Gasteiger partial charge in [-0.2, -0.15) is 0 Å². The van der Waals surface area contributed by atoms with Crippen LogP contribution in [0.15, 0.2) is 72.3 Å². The first-order valence-corrected chi connectivity index (χ1v) is 10.1. The largest absolute Gasteiger partial charge is 0.320 e. The van der Waals surface area contributed by atoms with Crippen molar-refractivity contribution in [2.75, 3.05) is 10.6 Å². The second kappa shape index (κ2) is 10.1. The van der Waals surface area contributed by atoms with Crippen molar-refractivity contribution in [3.8, 4) is 0 Å². The maximum atomic E-state index is 13.0. The number of nitro benzene ring substituents is 1. The number of aryl methyl sites for hydroxylation is 1. The van der Waals surface area contributed by atoms with Crippen LogP contribution >= 0.6 is 23.2 Å². The fourth-order valence-corrected chi connectivity index (χ4v) is 3.18. The molecular weight excluding hydrogens is 453 g/mol. The Morgan fingerprint density at radius 2 is 1.38 bits per heavy atom. The van der Waals surface area contributed by atoms with Gasteiger partial charge in [0.1, 0.15) is 5.57 Å². The van der Waals surface area contributed by atoms with Gasteiger partial charge in [-0.25, -0.2) is 0 Å². The summed E-state index contributed by atoms with van der Waals surface area (Å²) in [6, 6.07) is 17.5. The fraction of sp³-hybridized carbons (Fsp3) is 0.0435. The molecule has 0 atom stereocenters. The molecule has 3 aromatic rings. The molecule has 162 valence electrons. The van der Waals surface area contributed by atoms with Crippen LogP contribution in [0.2, 0.25) is 10.0 Å². The van der Waals surface area contributed by atoms with E-state index in [0.29, 0.717) is 22.5 Å². The summed E-state index contributed by atoms with van der Waals surface area (Å²) in [4.78, 5) is 36.8. The van der Waals surface area contributed by atoms with Crippen molar-refractivity contribution in [2.24, 2.45) is 0 Å². The van der Waals surface area contributed by atoms with E-state index in [2.05, 4.69) is 10.6 Å². The third kappa shape index (κ3) is 5.51. The third-order valence-corrected chi connectivity index (χ3v) is 5.13. The molecule has 0 aliphatic heterocycles. The number of halogens is 2. The Hall–Kier alpha value is -3.68. The summed E-state index contributed by atoms with van der Waals surface area (Å²) in [5.41, 5.74) is 0.964. The monoisotopic (exact) mass is 469 g/mol. The molecule has 0 aromatic heterocycles. The van der Waals surface area contributed by atoms with E-state index in [1.807, 2.05) is 0 Å². The summed E-state index contributed by atoms with van der Waals surface area (Å²) in [6.45, 7) is 1.60. The van der Waals surface area contributed by atoms with Gasteiger partial charge in [-0.3, -0.25) is 19.7 Å². The predicted octanol–water partition coefficient (Wildman–Crippen LogP) is 5.87. The number of carbonyl (C=O) groups is 2. The SMILES string of the molecule is Cc1ccc(C=C(C(=O)Nc2ccccc2Cl)C(=O)Nc2ccccc2Cl)cc1[N+](=O)[O-]. The van der Waals surface area contributed by atoms with Gasteiger partial charge in [0.15, 0.2) is 0 Å². The van der Waals surface area contributed by atoms with E-state index in [9.17, 15) is 19.7 Å². The Bertz CT molecular complexity index is 1180. The molecule has 0 fully saturated rings. The second-order valence-electron chi connectivity index (χ2n) is 6.73. The quantitative estimate of drug-likeness (QED) is 0.155. The van der Waals surface area contributed by atoms with Crippen LogP contribution in [0.25, 0.3) is 6.08 Å². The number of para-hydroxylation sites is 2. The summed E-state index contributed by atoms with van der Waals surface area (Å²) in [5.74, 6) is -1.49. The van der Waals surface area contributed by atoms with Crippen LogP contribution in [0.5, 0.6) is 0 Å².